The fraction of sp³-hybridized carbons (Fsp3) is 0.350. The number of nitro groups is 1. The third-order valence-corrected chi connectivity index (χ3v) is 4.99. The van der Waals surface area contributed by atoms with Crippen LogP contribution in [0.1, 0.15) is 0 Å². The minimum absolute atomic E-state index is 0.178. The first kappa shape index (κ1) is 20.4. The Morgan fingerprint density at radius 1 is 1.10 bits per heavy atom. The number of carbonyl (C=O) groups is 1. The highest BCUT2D eigenvalue weighted by Gasteiger charge is 2.24. The van der Waals surface area contributed by atoms with E-state index >= 15 is 0 Å². The van der Waals surface area contributed by atoms with Crippen molar-refractivity contribution in [3.8, 4) is 11.5 Å². The summed E-state index contributed by atoms with van der Waals surface area (Å²) >= 11 is 0. The maximum absolute atomic E-state index is 12.4. The van der Waals surface area contributed by atoms with Crippen molar-refractivity contribution in [3.63, 3.8) is 0 Å². The minimum Gasteiger partial charge on any atom is -0.497 e. The Kier molecular flexibility index (Phi) is 6.50. The van der Waals surface area contributed by atoms with Crippen molar-refractivity contribution in [1.82, 2.24) is 0 Å². The van der Waals surface area contributed by atoms with Gasteiger partial charge in [-0.1, -0.05) is 0 Å². The maximum atomic E-state index is 12.4. The van der Waals surface area contributed by atoms with Gasteiger partial charge in [0.2, 0.25) is 0 Å². The van der Waals surface area contributed by atoms with Crippen molar-refractivity contribution >= 4 is 23.0 Å². The Hall–Kier alpha value is -3.33. The number of carbonyl (C=O) groups excluding carboxylic acids is 1. The molecule has 0 saturated carbocycles. The molecule has 1 heterocycles. The van der Waals surface area contributed by atoms with Gasteiger partial charge in [0.1, 0.15) is 17.2 Å². The number of anilines is 2. The van der Waals surface area contributed by atoms with Gasteiger partial charge in [0, 0.05) is 5.69 Å². The SMILES string of the molecule is COc1ccc(N2CC[NH+](CC(=O)Nc3ccc(OC)cc3[N+](=O)[O-])CC2)cc1. The number of quaternary nitrogens is 1. The first-order chi connectivity index (χ1) is 14.0. The van der Waals surface area contributed by atoms with Crippen LogP contribution in [0.2, 0.25) is 0 Å². The van der Waals surface area contributed by atoms with Gasteiger partial charge in [0.05, 0.1) is 51.4 Å². The van der Waals surface area contributed by atoms with Crippen LogP contribution < -0.4 is 24.6 Å². The van der Waals surface area contributed by atoms with E-state index in [-0.39, 0.29) is 23.8 Å². The Balaban J connectivity index is 1.54. The van der Waals surface area contributed by atoms with E-state index in [2.05, 4.69) is 10.2 Å². The number of ether oxygens (including phenoxy) is 2. The highest BCUT2D eigenvalue weighted by atomic mass is 16.6. The zero-order chi connectivity index (χ0) is 20.8. The Morgan fingerprint density at radius 3 is 2.31 bits per heavy atom. The fourth-order valence-electron chi connectivity index (χ4n) is 3.37. The van der Waals surface area contributed by atoms with Crippen molar-refractivity contribution in [1.29, 1.82) is 0 Å². The number of hydrogen-bond acceptors (Lipinski definition) is 6. The van der Waals surface area contributed by atoms with E-state index in [4.69, 9.17) is 9.47 Å². The summed E-state index contributed by atoms with van der Waals surface area (Å²) in [5, 5.41) is 13.9. The molecule has 9 nitrogen and oxygen atoms in total. The average molecular weight is 401 g/mol. The van der Waals surface area contributed by atoms with Crippen LogP contribution in [-0.4, -0.2) is 57.8 Å². The molecule has 1 aliphatic rings. The van der Waals surface area contributed by atoms with Gasteiger partial charge in [0.15, 0.2) is 6.54 Å². The van der Waals surface area contributed by atoms with Gasteiger partial charge in [-0.3, -0.25) is 14.9 Å². The number of methoxy groups -OCH3 is 2. The number of nitrogens with one attached hydrogen (secondary N) is 2. The molecular weight excluding hydrogens is 376 g/mol. The van der Waals surface area contributed by atoms with Gasteiger partial charge in [0.25, 0.3) is 11.6 Å². The lowest BCUT2D eigenvalue weighted by Gasteiger charge is -2.33. The molecule has 0 atom stereocenters. The number of nitrogens with zero attached hydrogens (tertiary/aromatic N) is 2. The summed E-state index contributed by atoms with van der Waals surface area (Å²) in [6.45, 7) is 3.54. The first-order valence-electron chi connectivity index (χ1n) is 9.35. The van der Waals surface area contributed by atoms with E-state index in [1.54, 1.807) is 13.2 Å². The fourth-order valence-corrected chi connectivity index (χ4v) is 3.37. The van der Waals surface area contributed by atoms with E-state index in [1.807, 2.05) is 24.3 Å². The Labute approximate surface area is 169 Å². The number of rotatable bonds is 7. The zero-order valence-electron chi connectivity index (χ0n) is 16.5. The molecule has 3 rings (SSSR count). The molecule has 1 amide bonds. The van der Waals surface area contributed by atoms with Crippen molar-refractivity contribution in [3.05, 3.63) is 52.6 Å². The van der Waals surface area contributed by atoms with Gasteiger partial charge in [-0.05, 0) is 36.4 Å². The smallest absolute Gasteiger partial charge is 0.296 e. The quantitative estimate of drug-likeness (QED) is 0.530. The van der Waals surface area contributed by atoms with Crippen LogP contribution in [0.4, 0.5) is 17.1 Å². The van der Waals surface area contributed by atoms with E-state index in [1.165, 1.54) is 19.2 Å². The molecule has 0 aromatic heterocycles. The first-order valence-corrected chi connectivity index (χ1v) is 9.35. The molecule has 1 fully saturated rings. The standard InChI is InChI=1S/C20H24N4O5/c1-28-16-5-3-15(4-6-16)23-11-9-22(10-12-23)14-20(25)21-18-8-7-17(29-2)13-19(18)24(26)27/h3-8,13H,9-12,14H2,1-2H3,(H,21,25)/p+1. The number of amides is 1. The summed E-state index contributed by atoms with van der Waals surface area (Å²) in [7, 11) is 3.08. The van der Waals surface area contributed by atoms with Crippen LogP contribution in [0.5, 0.6) is 11.5 Å². The van der Waals surface area contributed by atoms with Crippen molar-refractivity contribution in [2.24, 2.45) is 0 Å². The maximum Gasteiger partial charge on any atom is 0.296 e. The molecule has 9 heteroatoms. The van der Waals surface area contributed by atoms with Gasteiger partial charge < -0.3 is 24.6 Å². The van der Waals surface area contributed by atoms with Crippen molar-refractivity contribution in [2.45, 2.75) is 0 Å². The zero-order valence-corrected chi connectivity index (χ0v) is 16.5. The summed E-state index contributed by atoms with van der Waals surface area (Å²) in [6, 6.07) is 12.3. The van der Waals surface area contributed by atoms with Crippen LogP contribution >= 0.6 is 0 Å². The highest BCUT2D eigenvalue weighted by molar-refractivity contribution is 5.93. The van der Waals surface area contributed by atoms with E-state index in [9.17, 15) is 14.9 Å². The van der Waals surface area contributed by atoms with Crippen molar-refractivity contribution in [2.75, 3.05) is 57.2 Å². The minimum atomic E-state index is -0.529. The average Bonchev–Trinajstić information content (AvgIpc) is 2.74. The molecule has 0 unspecified atom stereocenters. The highest BCUT2D eigenvalue weighted by Crippen LogP contribution is 2.28. The molecule has 0 bridgehead atoms. The predicted molar refractivity (Wildman–Crippen MR) is 109 cm³/mol. The van der Waals surface area contributed by atoms with Crippen LogP contribution in [0.3, 0.4) is 0 Å². The third kappa shape index (κ3) is 5.14. The topological polar surface area (TPSA) is 98.4 Å². The van der Waals surface area contributed by atoms with E-state index in [0.29, 0.717) is 5.75 Å². The van der Waals surface area contributed by atoms with Gasteiger partial charge in [-0.2, -0.15) is 0 Å². The van der Waals surface area contributed by atoms with Crippen molar-refractivity contribution < 1.29 is 24.1 Å². The van der Waals surface area contributed by atoms with Crippen LogP contribution in [0.25, 0.3) is 0 Å². The number of piperazine rings is 1. The van der Waals surface area contributed by atoms with Gasteiger partial charge in [-0.25, -0.2) is 0 Å². The predicted octanol–water partition coefficient (Wildman–Crippen LogP) is 0.956. The van der Waals surface area contributed by atoms with Gasteiger partial charge in [-0.15, -0.1) is 0 Å². The lowest BCUT2D eigenvalue weighted by Crippen LogP contribution is -3.15. The molecule has 29 heavy (non-hydrogen) atoms. The second-order valence-corrected chi connectivity index (χ2v) is 6.80. The normalized spacial score (nSPS) is 14.3. The number of benzene rings is 2. The van der Waals surface area contributed by atoms with Crippen LogP contribution in [0.15, 0.2) is 42.5 Å². The second kappa shape index (κ2) is 9.24. The largest absolute Gasteiger partial charge is 0.497 e. The monoisotopic (exact) mass is 401 g/mol. The summed E-state index contributed by atoms with van der Waals surface area (Å²) in [5.41, 5.74) is 1.12. The molecule has 0 radical (unpaired) electrons. The van der Waals surface area contributed by atoms with Crippen LogP contribution in [0, 0.1) is 10.1 Å². The number of nitro benzene ring substituents is 1. The van der Waals surface area contributed by atoms with Crippen LogP contribution in [-0.2, 0) is 4.79 Å². The summed E-state index contributed by atoms with van der Waals surface area (Å²) in [4.78, 5) is 26.6. The molecule has 2 aromatic carbocycles. The molecule has 1 aliphatic heterocycles. The molecular formula is C20H25N4O5+. The summed E-state index contributed by atoms with van der Waals surface area (Å²) < 4.78 is 10.2. The lowest BCUT2D eigenvalue weighted by atomic mass is 10.2. The summed E-state index contributed by atoms with van der Waals surface area (Å²) in [5.74, 6) is 0.948. The van der Waals surface area contributed by atoms with E-state index in [0.717, 1.165) is 42.5 Å². The van der Waals surface area contributed by atoms with E-state index < -0.39 is 4.92 Å². The third-order valence-electron chi connectivity index (χ3n) is 4.99. The summed E-state index contributed by atoms with van der Waals surface area (Å²) in [6.07, 6.45) is 0. The molecule has 1 saturated heterocycles. The number of hydrogen-bond donors (Lipinski definition) is 2. The van der Waals surface area contributed by atoms with Gasteiger partial charge >= 0.3 is 0 Å². The molecule has 0 aliphatic carbocycles. The molecule has 2 aromatic rings. The Bertz CT molecular complexity index is 864. The molecule has 2 N–H and O–H groups in total. The second-order valence-electron chi connectivity index (χ2n) is 6.80. The molecule has 154 valence electrons. The Morgan fingerprint density at radius 2 is 1.72 bits per heavy atom. The lowest BCUT2D eigenvalue weighted by molar-refractivity contribution is -0.892. The molecule has 0 spiro atoms.